The van der Waals surface area contributed by atoms with Crippen LogP contribution in [0, 0.1) is 0 Å². The first-order chi connectivity index (χ1) is 7.20. The van der Waals surface area contributed by atoms with Crippen LogP contribution < -0.4 is 11.1 Å². The van der Waals surface area contributed by atoms with E-state index >= 15 is 0 Å². The average molecular weight is 269 g/mol. The number of nitrogens with two attached hydrogens (primary N) is 1. The number of hydrogen-bond donors (Lipinski definition) is 2. The molecule has 1 amide bonds. The number of carbonyl (C=O) groups excluding carboxylic acids is 1. The Hall–Kier alpha value is -0.870. The predicted molar refractivity (Wildman–Crippen MR) is 62.4 cm³/mol. The van der Waals surface area contributed by atoms with Crippen LogP contribution in [0.1, 0.15) is 23.6 Å². The van der Waals surface area contributed by atoms with Crippen molar-refractivity contribution in [2.24, 2.45) is 5.73 Å². The first kappa shape index (κ1) is 10.6. The maximum Gasteiger partial charge on any atom is 0.234 e. The van der Waals surface area contributed by atoms with Crippen LogP contribution in [0.25, 0.3) is 0 Å². The van der Waals surface area contributed by atoms with Crippen molar-refractivity contribution in [3.63, 3.8) is 0 Å². The molecule has 1 aliphatic carbocycles. The Morgan fingerprint density at radius 1 is 1.60 bits per heavy atom. The van der Waals surface area contributed by atoms with Gasteiger partial charge in [0.05, 0.1) is 12.6 Å². The van der Waals surface area contributed by atoms with Crippen molar-refractivity contribution in [1.82, 2.24) is 5.32 Å². The molecule has 0 aliphatic heterocycles. The third-order valence-corrected chi connectivity index (χ3v) is 3.20. The minimum Gasteiger partial charge on any atom is -0.348 e. The Labute approximate surface area is 97.2 Å². The number of carbonyl (C=O) groups is 1. The number of nitrogens with one attached hydrogen (secondary N) is 1. The number of halogens is 1. The molecule has 0 heterocycles. The Kier molecular flexibility index (Phi) is 3.07. The first-order valence-electron chi connectivity index (χ1n) is 4.98. The van der Waals surface area contributed by atoms with Crippen LogP contribution in [0.3, 0.4) is 0 Å². The highest BCUT2D eigenvalue weighted by Gasteiger charge is 2.23. The highest BCUT2D eigenvalue weighted by molar-refractivity contribution is 9.10. The summed E-state index contributed by atoms with van der Waals surface area (Å²) in [4.78, 5) is 11.2. The number of rotatable bonds is 2. The zero-order valence-electron chi connectivity index (χ0n) is 8.29. The number of amides is 1. The molecule has 4 heteroatoms. The SMILES string of the molecule is NCC(=O)NC1CCc2cc(Br)ccc21. The zero-order valence-corrected chi connectivity index (χ0v) is 9.88. The summed E-state index contributed by atoms with van der Waals surface area (Å²) in [6.45, 7) is 0.0579. The highest BCUT2D eigenvalue weighted by Crippen LogP contribution is 2.32. The molecular formula is C11H13BrN2O. The molecule has 1 unspecified atom stereocenters. The van der Waals surface area contributed by atoms with Gasteiger partial charge >= 0.3 is 0 Å². The monoisotopic (exact) mass is 268 g/mol. The van der Waals surface area contributed by atoms with Gasteiger partial charge < -0.3 is 11.1 Å². The average Bonchev–Trinajstić information content (AvgIpc) is 2.60. The highest BCUT2D eigenvalue weighted by atomic mass is 79.9. The van der Waals surface area contributed by atoms with E-state index in [1.165, 1.54) is 11.1 Å². The molecule has 0 radical (unpaired) electrons. The van der Waals surface area contributed by atoms with Crippen molar-refractivity contribution >= 4 is 21.8 Å². The second-order valence-electron chi connectivity index (χ2n) is 3.71. The molecule has 0 spiro atoms. The summed E-state index contributed by atoms with van der Waals surface area (Å²) in [5.41, 5.74) is 7.81. The molecule has 1 aromatic carbocycles. The Morgan fingerprint density at radius 3 is 3.13 bits per heavy atom. The van der Waals surface area contributed by atoms with Crippen molar-refractivity contribution < 1.29 is 4.79 Å². The van der Waals surface area contributed by atoms with E-state index in [9.17, 15) is 4.79 Å². The van der Waals surface area contributed by atoms with E-state index in [0.29, 0.717) is 0 Å². The first-order valence-corrected chi connectivity index (χ1v) is 5.78. The van der Waals surface area contributed by atoms with Gasteiger partial charge in [-0.1, -0.05) is 22.0 Å². The van der Waals surface area contributed by atoms with Crippen LogP contribution in [0.4, 0.5) is 0 Å². The van der Waals surface area contributed by atoms with Crippen LogP contribution in [-0.4, -0.2) is 12.5 Å². The van der Waals surface area contributed by atoms with Gasteiger partial charge in [0.25, 0.3) is 0 Å². The van der Waals surface area contributed by atoms with E-state index in [0.717, 1.165) is 17.3 Å². The van der Waals surface area contributed by atoms with Crippen LogP contribution in [-0.2, 0) is 11.2 Å². The minimum absolute atomic E-state index is 0.0579. The maximum atomic E-state index is 11.2. The van der Waals surface area contributed by atoms with Gasteiger partial charge in [0.1, 0.15) is 0 Å². The Bertz CT molecular complexity index is 392. The fourth-order valence-electron chi connectivity index (χ4n) is 1.99. The van der Waals surface area contributed by atoms with E-state index in [1.54, 1.807) is 0 Å². The van der Waals surface area contributed by atoms with Gasteiger partial charge in [-0.25, -0.2) is 0 Å². The zero-order chi connectivity index (χ0) is 10.8. The van der Waals surface area contributed by atoms with Crippen LogP contribution in [0.5, 0.6) is 0 Å². The fraction of sp³-hybridized carbons (Fsp3) is 0.364. The fourth-order valence-corrected chi connectivity index (χ4v) is 2.40. The van der Waals surface area contributed by atoms with E-state index in [1.807, 2.05) is 6.07 Å². The largest absolute Gasteiger partial charge is 0.348 e. The van der Waals surface area contributed by atoms with Crippen LogP contribution in [0.2, 0.25) is 0 Å². The molecule has 1 aliphatic rings. The molecule has 0 saturated heterocycles. The number of benzene rings is 1. The predicted octanol–water partition coefficient (Wildman–Crippen LogP) is 1.51. The number of hydrogen-bond acceptors (Lipinski definition) is 2. The summed E-state index contributed by atoms with van der Waals surface area (Å²) in [5.74, 6) is -0.0873. The summed E-state index contributed by atoms with van der Waals surface area (Å²) < 4.78 is 1.09. The van der Waals surface area contributed by atoms with Gasteiger partial charge in [0, 0.05) is 4.47 Å². The summed E-state index contributed by atoms with van der Waals surface area (Å²) in [7, 11) is 0. The molecule has 3 N–H and O–H groups in total. The number of fused-ring (bicyclic) bond motifs is 1. The molecule has 80 valence electrons. The lowest BCUT2D eigenvalue weighted by atomic mass is 10.1. The topological polar surface area (TPSA) is 55.1 Å². The lowest BCUT2D eigenvalue weighted by molar-refractivity contribution is -0.120. The molecular weight excluding hydrogens is 256 g/mol. The van der Waals surface area contributed by atoms with Gasteiger partial charge in [-0.15, -0.1) is 0 Å². The van der Waals surface area contributed by atoms with Crippen LogP contribution >= 0.6 is 15.9 Å². The lowest BCUT2D eigenvalue weighted by Crippen LogP contribution is -2.32. The van der Waals surface area contributed by atoms with Gasteiger partial charge in [0.2, 0.25) is 5.91 Å². The molecule has 1 atom stereocenters. The van der Waals surface area contributed by atoms with Gasteiger partial charge in [-0.3, -0.25) is 4.79 Å². The van der Waals surface area contributed by atoms with Crippen molar-refractivity contribution in [3.8, 4) is 0 Å². The molecule has 0 aromatic heterocycles. The molecule has 15 heavy (non-hydrogen) atoms. The van der Waals surface area contributed by atoms with E-state index < -0.39 is 0 Å². The second-order valence-corrected chi connectivity index (χ2v) is 4.62. The molecule has 0 fully saturated rings. The molecule has 3 nitrogen and oxygen atoms in total. The summed E-state index contributed by atoms with van der Waals surface area (Å²) in [5, 5.41) is 2.92. The van der Waals surface area contributed by atoms with Gasteiger partial charge in [-0.2, -0.15) is 0 Å². The maximum absolute atomic E-state index is 11.2. The third-order valence-electron chi connectivity index (χ3n) is 2.70. The van der Waals surface area contributed by atoms with E-state index in [2.05, 4.69) is 33.4 Å². The van der Waals surface area contributed by atoms with E-state index in [-0.39, 0.29) is 18.5 Å². The van der Waals surface area contributed by atoms with E-state index in [4.69, 9.17) is 5.73 Å². The summed E-state index contributed by atoms with van der Waals surface area (Å²) >= 11 is 3.44. The smallest absolute Gasteiger partial charge is 0.234 e. The normalized spacial score (nSPS) is 18.7. The minimum atomic E-state index is -0.0873. The third kappa shape index (κ3) is 2.21. The Balaban J connectivity index is 2.18. The lowest BCUT2D eigenvalue weighted by Gasteiger charge is -2.13. The molecule has 0 saturated carbocycles. The summed E-state index contributed by atoms with van der Waals surface area (Å²) in [6.07, 6.45) is 1.99. The van der Waals surface area contributed by atoms with Crippen molar-refractivity contribution in [2.45, 2.75) is 18.9 Å². The van der Waals surface area contributed by atoms with Crippen molar-refractivity contribution in [3.05, 3.63) is 33.8 Å². The molecule has 2 rings (SSSR count). The summed E-state index contributed by atoms with van der Waals surface area (Å²) in [6, 6.07) is 6.33. The Morgan fingerprint density at radius 2 is 2.40 bits per heavy atom. The molecule has 1 aromatic rings. The van der Waals surface area contributed by atoms with Crippen LogP contribution in [0.15, 0.2) is 22.7 Å². The van der Waals surface area contributed by atoms with Gasteiger partial charge in [0.15, 0.2) is 0 Å². The molecule has 0 bridgehead atoms. The van der Waals surface area contributed by atoms with Crippen molar-refractivity contribution in [2.75, 3.05) is 6.54 Å². The standard InChI is InChI=1S/C11H13BrN2O/c12-8-2-3-9-7(5-8)1-4-10(9)14-11(15)6-13/h2-3,5,10H,1,4,6,13H2,(H,14,15). The number of aryl methyl sites for hydroxylation is 1. The van der Waals surface area contributed by atoms with Gasteiger partial charge in [-0.05, 0) is 36.1 Å². The van der Waals surface area contributed by atoms with Crippen molar-refractivity contribution in [1.29, 1.82) is 0 Å². The quantitative estimate of drug-likeness (QED) is 0.855. The second kappa shape index (κ2) is 4.33.